The number of nitrogens with zero attached hydrogens (tertiary/aromatic N) is 2. The van der Waals surface area contributed by atoms with Gasteiger partial charge in [-0.3, -0.25) is 0 Å². The summed E-state index contributed by atoms with van der Waals surface area (Å²) in [7, 11) is -5.85. The zero-order valence-corrected chi connectivity index (χ0v) is 14.5. The first-order valence-corrected chi connectivity index (χ1v) is 9.14. The zero-order valence-electron chi connectivity index (χ0n) is 13.7. The molecular weight excluding hydrogens is 381 g/mol. The zero-order chi connectivity index (χ0) is 19.5. The van der Waals surface area contributed by atoms with Gasteiger partial charge in [-0.25, -0.2) is 0 Å². The van der Waals surface area contributed by atoms with Crippen LogP contribution in [0.15, 0.2) is 66.7 Å². The molecule has 3 rings (SSSR count). The minimum Gasteiger partial charge on any atom is -0.353 e. The average molecular weight is 394 g/mol. The molecular formula is C18H13F3N2O3S. The van der Waals surface area contributed by atoms with Crippen LogP contribution in [0.1, 0.15) is 11.1 Å². The second-order valence-corrected chi connectivity index (χ2v) is 7.11. The summed E-state index contributed by atoms with van der Waals surface area (Å²) >= 11 is 0. The van der Waals surface area contributed by atoms with Gasteiger partial charge in [0.1, 0.15) is 0 Å². The highest BCUT2D eigenvalue weighted by molar-refractivity contribution is 7.87. The predicted molar refractivity (Wildman–Crippen MR) is 92.3 cm³/mol. The third-order valence-electron chi connectivity index (χ3n) is 3.61. The van der Waals surface area contributed by atoms with Gasteiger partial charge < -0.3 is 4.18 Å². The Morgan fingerprint density at radius 3 is 2.07 bits per heavy atom. The molecule has 0 saturated carbocycles. The van der Waals surface area contributed by atoms with E-state index in [9.17, 15) is 21.6 Å². The summed E-state index contributed by atoms with van der Waals surface area (Å²) in [5.74, 6) is -0.698. The predicted octanol–water partition coefficient (Wildman–Crippen LogP) is 3.96. The highest BCUT2D eigenvalue weighted by atomic mass is 32.2. The van der Waals surface area contributed by atoms with Crippen molar-refractivity contribution < 1.29 is 25.8 Å². The third kappa shape index (κ3) is 4.43. The number of alkyl halides is 3. The number of aromatic nitrogens is 2. The van der Waals surface area contributed by atoms with Crippen molar-refractivity contribution in [3.63, 3.8) is 0 Å². The summed E-state index contributed by atoms with van der Waals surface area (Å²) < 4.78 is 64.9. The topological polar surface area (TPSA) is 69.2 Å². The van der Waals surface area contributed by atoms with Gasteiger partial charge in [-0.15, -0.1) is 10.2 Å². The summed E-state index contributed by atoms with van der Waals surface area (Å²) in [6, 6.07) is 19.1. The summed E-state index contributed by atoms with van der Waals surface area (Å²) in [4.78, 5) is 0. The summed E-state index contributed by atoms with van der Waals surface area (Å²) in [5, 5.41) is 7.41. The van der Waals surface area contributed by atoms with Crippen LogP contribution in [-0.4, -0.2) is 24.1 Å². The molecule has 0 radical (unpaired) electrons. The first-order valence-electron chi connectivity index (χ1n) is 7.73. The van der Waals surface area contributed by atoms with Crippen LogP contribution in [0, 0.1) is 0 Å². The van der Waals surface area contributed by atoms with Crippen LogP contribution >= 0.6 is 0 Å². The monoisotopic (exact) mass is 394 g/mol. The average Bonchev–Trinajstić information content (AvgIpc) is 2.63. The Labute approximate surface area is 153 Å². The molecule has 0 bridgehead atoms. The maximum absolute atomic E-state index is 12.7. The number of hydrogen-bond acceptors (Lipinski definition) is 5. The molecule has 0 aliphatic rings. The lowest BCUT2D eigenvalue weighted by molar-refractivity contribution is -0.0501. The first-order chi connectivity index (χ1) is 12.8. The smallest absolute Gasteiger partial charge is 0.353 e. The Kier molecular flexibility index (Phi) is 5.13. The van der Waals surface area contributed by atoms with Crippen LogP contribution in [-0.2, 0) is 16.5 Å². The van der Waals surface area contributed by atoms with E-state index in [1.807, 2.05) is 0 Å². The van der Waals surface area contributed by atoms with Gasteiger partial charge in [0, 0.05) is 17.5 Å². The molecule has 2 aromatic carbocycles. The van der Waals surface area contributed by atoms with Gasteiger partial charge in [0.25, 0.3) is 5.88 Å². The first kappa shape index (κ1) is 18.8. The van der Waals surface area contributed by atoms with Crippen molar-refractivity contribution in [3.05, 3.63) is 77.9 Å². The fourth-order valence-corrected chi connectivity index (χ4v) is 2.78. The summed E-state index contributed by atoms with van der Waals surface area (Å²) in [5.41, 5.74) is -3.57. The van der Waals surface area contributed by atoms with Crippen LogP contribution in [0.3, 0.4) is 0 Å². The molecule has 0 fully saturated rings. The van der Waals surface area contributed by atoms with E-state index < -0.39 is 21.5 Å². The van der Waals surface area contributed by atoms with E-state index in [2.05, 4.69) is 14.4 Å². The molecule has 0 atom stereocenters. The van der Waals surface area contributed by atoms with E-state index in [-0.39, 0.29) is 12.0 Å². The van der Waals surface area contributed by atoms with Gasteiger partial charge in [0.15, 0.2) is 0 Å². The maximum atomic E-state index is 12.7. The lowest BCUT2D eigenvalue weighted by Crippen LogP contribution is -2.28. The molecule has 1 heterocycles. The number of rotatable bonds is 5. The maximum Gasteiger partial charge on any atom is 0.534 e. The lowest BCUT2D eigenvalue weighted by atomic mass is 10.0. The molecule has 0 aliphatic carbocycles. The molecule has 3 aromatic rings. The molecule has 0 saturated heterocycles. The third-order valence-corrected chi connectivity index (χ3v) is 4.56. The van der Waals surface area contributed by atoms with Crippen molar-refractivity contribution in [1.29, 1.82) is 0 Å². The normalized spacial score (nSPS) is 12.0. The van der Waals surface area contributed by atoms with E-state index in [1.165, 1.54) is 6.07 Å². The Hall–Kier alpha value is -2.94. The van der Waals surface area contributed by atoms with Crippen molar-refractivity contribution >= 4 is 10.1 Å². The van der Waals surface area contributed by atoms with Crippen molar-refractivity contribution in [2.75, 3.05) is 0 Å². The van der Waals surface area contributed by atoms with Crippen molar-refractivity contribution in [1.82, 2.24) is 10.2 Å². The molecule has 0 amide bonds. The van der Waals surface area contributed by atoms with Crippen molar-refractivity contribution in [2.24, 2.45) is 0 Å². The summed E-state index contributed by atoms with van der Waals surface area (Å²) in [6.07, 6.45) is 0.124. The van der Waals surface area contributed by atoms with Gasteiger partial charge in [-0.05, 0) is 11.6 Å². The molecule has 140 valence electrons. The molecule has 9 heteroatoms. The van der Waals surface area contributed by atoms with Gasteiger partial charge in [-0.2, -0.15) is 21.6 Å². The Morgan fingerprint density at radius 1 is 0.889 bits per heavy atom. The molecule has 0 aliphatic heterocycles. The minimum absolute atomic E-state index is 0.124. The second-order valence-electron chi connectivity index (χ2n) is 5.57. The van der Waals surface area contributed by atoms with Crippen molar-refractivity contribution in [2.45, 2.75) is 11.9 Å². The van der Waals surface area contributed by atoms with Crippen LogP contribution in [0.25, 0.3) is 11.3 Å². The van der Waals surface area contributed by atoms with E-state index in [0.29, 0.717) is 11.3 Å². The minimum atomic E-state index is -5.85. The largest absolute Gasteiger partial charge is 0.534 e. The second kappa shape index (κ2) is 7.36. The van der Waals surface area contributed by atoms with Crippen molar-refractivity contribution in [3.8, 4) is 17.1 Å². The van der Waals surface area contributed by atoms with E-state index in [1.54, 1.807) is 60.7 Å². The van der Waals surface area contributed by atoms with Crippen LogP contribution < -0.4 is 4.18 Å². The Morgan fingerprint density at radius 2 is 1.48 bits per heavy atom. The van der Waals surface area contributed by atoms with Crippen LogP contribution in [0.5, 0.6) is 5.88 Å². The van der Waals surface area contributed by atoms with E-state index in [0.717, 1.165) is 5.56 Å². The fraction of sp³-hybridized carbons (Fsp3) is 0.111. The van der Waals surface area contributed by atoms with Gasteiger partial charge >= 0.3 is 15.6 Å². The molecule has 0 spiro atoms. The standard InChI is InChI=1S/C18H13F3N2O3S/c19-18(20,21)27(24,25)26-17-15(11-13-7-3-1-4-8-13)12-16(22-23-17)14-9-5-2-6-10-14/h1-10,12H,11H2. The van der Waals surface area contributed by atoms with Gasteiger partial charge in [0.2, 0.25) is 0 Å². The highest BCUT2D eigenvalue weighted by Crippen LogP contribution is 2.30. The van der Waals surface area contributed by atoms with Gasteiger partial charge in [0.05, 0.1) is 5.69 Å². The highest BCUT2D eigenvalue weighted by Gasteiger charge is 2.49. The Balaban J connectivity index is 2.04. The molecule has 0 N–H and O–H groups in total. The van der Waals surface area contributed by atoms with E-state index >= 15 is 0 Å². The number of benzene rings is 2. The summed E-state index contributed by atoms with van der Waals surface area (Å²) in [6.45, 7) is 0. The fourth-order valence-electron chi connectivity index (χ4n) is 2.33. The van der Waals surface area contributed by atoms with Crippen LogP contribution in [0.2, 0.25) is 0 Å². The molecule has 5 nitrogen and oxygen atoms in total. The number of halogens is 3. The van der Waals surface area contributed by atoms with E-state index in [4.69, 9.17) is 0 Å². The number of hydrogen-bond donors (Lipinski definition) is 0. The lowest BCUT2D eigenvalue weighted by Gasteiger charge is -2.12. The Bertz CT molecular complexity index is 1020. The van der Waals surface area contributed by atoms with Crippen LogP contribution in [0.4, 0.5) is 13.2 Å². The molecule has 0 unspecified atom stereocenters. The molecule has 1 aromatic heterocycles. The SMILES string of the molecule is O=S(=O)(Oc1nnc(-c2ccccc2)cc1Cc1ccccc1)C(F)(F)F. The van der Waals surface area contributed by atoms with Gasteiger partial charge in [-0.1, -0.05) is 60.7 Å². The molecule has 27 heavy (non-hydrogen) atoms. The quantitative estimate of drug-likeness (QED) is 0.484.